The molecule has 0 aliphatic carbocycles. The van der Waals surface area contributed by atoms with Gasteiger partial charge in [-0.1, -0.05) is 6.92 Å². The fourth-order valence-corrected chi connectivity index (χ4v) is 1.94. The lowest BCUT2D eigenvalue weighted by atomic mass is 10.1. The third-order valence-electron chi connectivity index (χ3n) is 2.49. The highest BCUT2D eigenvalue weighted by Crippen LogP contribution is 2.21. The third kappa shape index (κ3) is 1.94. The van der Waals surface area contributed by atoms with E-state index in [9.17, 15) is 4.79 Å². The highest BCUT2D eigenvalue weighted by atomic mass is 32.1. The van der Waals surface area contributed by atoms with Crippen molar-refractivity contribution in [1.29, 1.82) is 0 Å². The van der Waals surface area contributed by atoms with Crippen molar-refractivity contribution in [3.8, 4) is 0 Å². The first-order valence-electron chi connectivity index (χ1n) is 4.65. The largest absolute Gasteiger partial charge is 0.339 e. The van der Waals surface area contributed by atoms with E-state index in [0.29, 0.717) is 6.04 Å². The molecule has 3 heteroatoms. The lowest BCUT2D eigenvalue weighted by molar-refractivity contribution is -0.131. The molecule has 1 aliphatic heterocycles. The molecule has 0 saturated carbocycles. The zero-order valence-electron chi connectivity index (χ0n) is 7.79. The minimum Gasteiger partial charge on any atom is -0.339 e. The molecule has 0 aromatic rings. The summed E-state index contributed by atoms with van der Waals surface area (Å²) in [6.45, 7) is 4.91. The van der Waals surface area contributed by atoms with Crippen molar-refractivity contribution in [2.75, 3.05) is 6.54 Å². The van der Waals surface area contributed by atoms with E-state index in [1.807, 2.05) is 11.8 Å². The Morgan fingerprint density at radius 1 is 1.75 bits per heavy atom. The Balaban J connectivity index is 2.55. The molecule has 2 unspecified atom stereocenters. The van der Waals surface area contributed by atoms with Gasteiger partial charge in [0.1, 0.15) is 0 Å². The summed E-state index contributed by atoms with van der Waals surface area (Å²) in [5.74, 6) is 0.197. The van der Waals surface area contributed by atoms with Gasteiger partial charge in [0.15, 0.2) is 0 Å². The summed E-state index contributed by atoms with van der Waals surface area (Å²) in [6.07, 6.45) is 3.40. The van der Waals surface area contributed by atoms with Crippen LogP contribution in [-0.4, -0.2) is 28.6 Å². The van der Waals surface area contributed by atoms with Crippen molar-refractivity contribution in [2.24, 2.45) is 0 Å². The molecule has 1 fully saturated rings. The SMILES string of the molecule is CCC1CCCN1C(=O)C(C)S. The van der Waals surface area contributed by atoms with E-state index < -0.39 is 0 Å². The van der Waals surface area contributed by atoms with Crippen LogP contribution < -0.4 is 0 Å². The second kappa shape index (κ2) is 4.17. The zero-order valence-corrected chi connectivity index (χ0v) is 8.68. The standard InChI is InChI=1S/C9H17NOS/c1-3-8-5-4-6-10(8)9(11)7(2)12/h7-8,12H,3-6H2,1-2H3. The van der Waals surface area contributed by atoms with Gasteiger partial charge in [-0.2, -0.15) is 12.6 Å². The number of nitrogens with zero attached hydrogens (tertiary/aromatic N) is 1. The maximum absolute atomic E-state index is 11.6. The molecular weight excluding hydrogens is 170 g/mol. The summed E-state index contributed by atoms with van der Waals surface area (Å²) in [5.41, 5.74) is 0. The second-order valence-corrected chi connectivity index (χ2v) is 4.19. The van der Waals surface area contributed by atoms with Gasteiger partial charge in [0.2, 0.25) is 5.91 Å². The summed E-state index contributed by atoms with van der Waals surface area (Å²) >= 11 is 4.16. The summed E-state index contributed by atoms with van der Waals surface area (Å²) in [4.78, 5) is 13.5. The Morgan fingerprint density at radius 3 is 2.92 bits per heavy atom. The smallest absolute Gasteiger partial charge is 0.235 e. The molecule has 2 atom stereocenters. The van der Waals surface area contributed by atoms with Crippen LogP contribution in [0.5, 0.6) is 0 Å². The van der Waals surface area contributed by atoms with Gasteiger partial charge in [-0.15, -0.1) is 0 Å². The first-order valence-corrected chi connectivity index (χ1v) is 5.17. The van der Waals surface area contributed by atoms with Crippen LogP contribution in [0.25, 0.3) is 0 Å². The van der Waals surface area contributed by atoms with E-state index in [1.54, 1.807) is 0 Å². The van der Waals surface area contributed by atoms with Crippen LogP contribution in [0.4, 0.5) is 0 Å². The highest BCUT2D eigenvalue weighted by molar-refractivity contribution is 7.81. The first-order chi connectivity index (χ1) is 5.66. The van der Waals surface area contributed by atoms with Crippen LogP contribution in [0.2, 0.25) is 0 Å². The van der Waals surface area contributed by atoms with E-state index in [0.717, 1.165) is 19.4 Å². The lowest BCUT2D eigenvalue weighted by Gasteiger charge is -2.24. The van der Waals surface area contributed by atoms with Crippen LogP contribution in [0.15, 0.2) is 0 Å². The maximum Gasteiger partial charge on any atom is 0.235 e. The van der Waals surface area contributed by atoms with Crippen LogP contribution >= 0.6 is 12.6 Å². The number of carbonyl (C=O) groups is 1. The molecule has 70 valence electrons. The molecule has 1 saturated heterocycles. The van der Waals surface area contributed by atoms with Gasteiger partial charge in [-0.3, -0.25) is 4.79 Å². The van der Waals surface area contributed by atoms with Gasteiger partial charge in [-0.25, -0.2) is 0 Å². The molecule has 0 aromatic heterocycles. The van der Waals surface area contributed by atoms with Crippen molar-refractivity contribution in [1.82, 2.24) is 4.90 Å². The summed E-state index contributed by atoms with van der Waals surface area (Å²) in [6, 6.07) is 0.479. The number of hydrogen-bond acceptors (Lipinski definition) is 2. The second-order valence-electron chi connectivity index (χ2n) is 3.41. The van der Waals surface area contributed by atoms with Crippen molar-refractivity contribution in [3.05, 3.63) is 0 Å². The van der Waals surface area contributed by atoms with Gasteiger partial charge < -0.3 is 4.90 Å². The van der Waals surface area contributed by atoms with Crippen LogP contribution in [0.1, 0.15) is 33.1 Å². The first kappa shape index (κ1) is 9.90. The molecule has 0 N–H and O–H groups in total. The number of hydrogen-bond donors (Lipinski definition) is 1. The third-order valence-corrected chi connectivity index (χ3v) is 2.71. The van der Waals surface area contributed by atoms with Gasteiger partial charge in [0, 0.05) is 12.6 Å². The monoisotopic (exact) mass is 187 g/mol. The predicted molar refractivity (Wildman–Crippen MR) is 53.5 cm³/mol. The van der Waals surface area contributed by atoms with E-state index in [4.69, 9.17) is 0 Å². The molecule has 1 aliphatic rings. The van der Waals surface area contributed by atoms with E-state index >= 15 is 0 Å². The molecule has 0 spiro atoms. The number of thiol groups is 1. The van der Waals surface area contributed by atoms with E-state index in [-0.39, 0.29) is 11.2 Å². The highest BCUT2D eigenvalue weighted by Gasteiger charge is 2.28. The van der Waals surface area contributed by atoms with Gasteiger partial charge in [0.25, 0.3) is 0 Å². The fourth-order valence-electron chi connectivity index (χ4n) is 1.79. The predicted octanol–water partition coefficient (Wildman–Crippen LogP) is 1.71. The quantitative estimate of drug-likeness (QED) is 0.652. The van der Waals surface area contributed by atoms with Crippen LogP contribution in [0.3, 0.4) is 0 Å². The summed E-state index contributed by atoms with van der Waals surface area (Å²) in [5, 5.41) is -0.142. The molecule has 2 nitrogen and oxygen atoms in total. The van der Waals surface area contributed by atoms with Crippen molar-refractivity contribution in [3.63, 3.8) is 0 Å². The normalized spacial score (nSPS) is 25.9. The Kier molecular flexibility index (Phi) is 3.44. The van der Waals surface area contributed by atoms with Crippen molar-refractivity contribution in [2.45, 2.75) is 44.4 Å². The van der Waals surface area contributed by atoms with Gasteiger partial charge in [-0.05, 0) is 26.2 Å². The topological polar surface area (TPSA) is 20.3 Å². The summed E-state index contributed by atoms with van der Waals surface area (Å²) < 4.78 is 0. The molecular formula is C9H17NOS. The van der Waals surface area contributed by atoms with Crippen LogP contribution in [0, 0.1) is 0 Å². The summed E-state index contributed by atoms with van der Waals surface area (Å²) in [7, 11) is 0. The van der Waals surface area contributed by atoms with Crippen molar-refractivity contribution >= 4 is 18.5 Å². The van der Waals surface area contributed by atoms with Gasteiger partial charge in [0.05, 0.1) is 5.25 Å². The van der Waals surface area contributed by atoms with E-state index in [1.165, 1.54) is 6.42 Å². The molecule has 1 rings (SSSR count). The molecule has 1 heterocycles. The Bertz CT molecular complexity index is 170. The minimum absolute atomic E-state index is 0.142. The average Bonchev–Trinajstić information content (AvgIpc) is 2.49. The lowest BCUT2D eigenvalue weighted by Crippen LogP contribution is -2.39. The minimum atomic E-state index is -0.142. The van der Waals surface area contributed by atoms with Gasteiger partial charge >= 0.3 is 0 Å². The molecule has 0 bridgehead atoms. The fraction of sp³-hybridized carbons (Fsp3) is 0.889. The van der Waals surface area contributed by atoms with E-state index in [2.05, 4.69) is 19.6 Å². The average molecular weight is 187 g/mol. The molecule has 12 heavy (non-hydrogen) atoms. The molecule has 0 radical (unpaired) electrons. The number of rotatable bonds is 2. The molecule has 0 aromatic carbocycles. The molecule has 1 amide bonds. The van der Waals surface area contributed by atoms with Crippen LogP contribution in [-0.2, 0) is 4.79 Å². The zero-order chi connectivity index (χ0) is 9.14. The Morgan fingerprint density at radius 2 is 2.42 bits per heavy atom. The Hall–Kier alpha value is -0.180. The maximum atomic E-state index is 11.6. The number of carbonyl (C=O) groups excluding carboxylic acids is 1. The Labute approximate surface area is 79.7 Å². The number of amides is 1. The van der Waals surface area contributed by atoms with Crippen molar-refractivity contribution < 1.29 is 4.79 Å². The number of likely N-dealkylation sites (tertiary alicyclic amines) is 1.